The van der Waals surface area contributed by atoms with Crippen LogP contribution in [-0.2, 0) is 6.42 Å². The minimum atomic E-state index is 0.252. The van der Waals surface area contributed by atoms with Crippen molar-refractivity contribution in [2.75, 3.05) is 12.3 Å². The number of nitriles is 1. The maximum Gasteiger partial charge on any atom is 0.185 e. The normalized spacial score (nSPS) is 25.0. The van der Waals surface area contributed by atoms with Gasteiger partial charge in [0.15, 0.2) is 11.4 Å². The van der Waals surface area contributed by atoms with Gasteiger partial charge >= 0.3 is 0 Å². The van der Waals surface area contributed by atoms with E-state index in [4.69, 9.17) is 10.3 Å². The summed E-state index contributed by atoms with van der Waals surface area (Å²) in [5, 5.41) is 9.88. The van der Waals surface area contributed by atoms with Gasteiger partial charge in [0.25, 0.3) is 0 Å². The number of aliphatic imine (C=N–C) groups is 1. The first-order valence-electron chi connectivity index (χ1n) is 5.84. The zero-order chi connectivity index (χ0) is 11.7. The molecule has 1 aliphatic heterocycles. The second kappa shape index (κ2) is 4.42. The lowest BCUT2D eigenvalue weighted by molar-refractivity contribution is 0.621. The molecule has 1 saturated heterocycles. The summed E-state index contributed by atoms with van der Waals surface area (Å²) in [7, 11) is 0. The lowest BCUT2D eigenvalue weighted by Gasteiger charge is -2.10. The number of fused-ring (bicyclic) bond motifs is 1. The van der Waals surface area contributed by atoms with Crippen molar-refractivity contribution in [3.05, 3.63) is 35.4 Å². The van der Waals surface area contributed by atoms with Crippen molar-refractivity contribution < 1.29 is 0 Å². The van der Waals surface area contributed by atoms with Gasteiger partial charge in [0, 0.05) is 12.3 Å². The third-order valence-corrected chi connectivity index (χ3v) is 4.24. The molecule has 1 aromatic carbocycles. The number of hydrogen-bond acceptors (Lipinski definition) is 3. The monoisotopic (exact) mass is 243 g/mol. The summed E-state index contributed by atoms with van der Waals surface area (Å²) in [4.78, 5) is 6.45. The Hall–Kier alpha value is -1.47. The average Bonchev–Trinajstić information content (AvgIpc) is 2.97. The Kier molecular flexibility index (Phi) is 2.77. The average molecular weight is 243 g/mol. The van der Waals surface area contributed by atoms with E-state index in [0.717, 1.165) is 30.3 Å². The molecule has 0 aromatic heterocycles. The molecular weight excluding hydrogens is 230 g/mol. The summed E-state index contributed by atoms with van der Waals surface area (Å²) in [6.45, 7) is 0.800. The van der Waals surface area contributed by atoms with Gasteiger partial charge in [0.2, 0.25) is 0 Å². The summed E-state index contributed by atoms with van der Waals surface area (Å²) in [6, 6.07) is 8.75. The first-order chi connectivity index (χ1) is 8.38. The Morgan fingerprint density at radius 2 is 2.29 bits per heavy atom. The van der Waals surface area contributed by atoms with Crippen LogP contribution in [0.15, 0.2) is 29.3 Å². The quantitative estimate of drug-likeness (QED) is 0.712. The van der Waals surface area contributed by atoms with Crippen molar-refractivity contribution in [3.8, 4) is 6.19 Å². The smallest absolute Gasteiger partial charge is 0.185 e. The number of hydrogen-bond donors (Lipinski definition) is 0. The maximum atomic E-state index is 8.99. The number of benzene rings is 1. The molecule has 1 heterocycles. The van der Waals surface area contributed by atoms with E-state index in [1.807, 2.05) is 0 Å². The summed E-state index contributed by atoms with van der Waals surface area (Å²) in [5.74, 6) is 0.973. The molecule has 0 bridgehead atoms. The highest BCUT2D eigenvalue weighted by molar-refractivity contribution is 8.14. The molecule has 86 valence electrons. The van der Waals surface area contributed by atoms with E-state index < -0.39 is 0 Å². The van der Waals surface area contributed by atoms with Gasteiger partial charge in [-0.25, -0.2) is 0 Å². The first kappa shape index (κ1) is 10.7. The van der Waals surface area contributed by atoms with Crippen molar-refractivity contribution in [2.45, 2.75) is 18.9 Å². The molecule has 0 radical (unpaired) electrons. The van der Waals surface area contributed by atoms with Crippen LogP contribution in [0.3, 0.4) is 0 Å². The number of thioether (sulfide) groups is 1. The van der Waals surface area contributed by atoms with Gasteiger partial charge in [-0.15, -0.1) is 0 Å². The van der Waals surface area contributed by atoms with Gasteiger partial charge < -0.3 is 0 Å². The highest BCUT2D eigenvalue weighted by atomic mass is 32.2. The third-order valence-electron chi connectivity index (χ3n) is 3.27. The molecule has 3 nitrogen and oxygen atoms in total. The topological polar surface area (TPSA) is 39.4 Å². The number of rotatable bonds is 1. The predicted octanol–water partition coefficient (Wildman–Crippen LogP) is 2.56. The number of aryl methyl sites for hydroxylation is 1. The van der Waals surface area contributed by atoms with Gasteiger partial charge in [-0.2, -0.15) is 5.26 Å². The van der Waals surface area contributed by atoms with Crippen molar-refractivity contribution in [1.29, 1.82) is 5.26 Å². The van der Waals surface area contributed by atoms with Gasteiger partial charge in [-0.3, -0.25) is 9.89 Å². The van der Waals surface area contributed by atoms with E-state index in [2.05, 4.69) is 30.5 Å². The molecule has 1 aliphatic carbocycles. The summed E-state index contributed by atoms with van der Waals surface area (Å²) < 4.78 is 0. The van der Waals surface area contributed by atoms with Crippen LogP contribution in [0, 0.1) is 11.5 Å². The van der Waals surface area contributed by atoms with Crippen molar-refractivity contribution in [2.24, 2.45) is 4.99 Å². The second-order valence-corrected chi connectivity index (χ2v) is 5.33. The minimum absolute atomic E-state index is 0.252. The Morgan fingerprint density at radius 1 is 1.41 bits per heavy atom. The molecule has 0 spiro atoms. The SMILES string of the molecule is N#CN1CCSC1=NC1CCc2ccccc21. The Labute approximate surface area is 105 Å². The number of amidine groups is 1. The van der Waals surface area contributed by atoms with E-state index in [9.17, 15) is 0 Å². The van der Waals surface area contributed by atoms with Gasteiger partial charge in [-0.1, -0.05) is 36.0 Å². The van der Waals surface area contributed by atoms with Gasteiger partial charge in [0.1, 0.15) is 0 Å². The molecule has 0 amide bonds. The zero-order valence-electron chi connectivity index (χ0n) is 9.47. The van der Waals surface area contributed by atoms with Crippen LogP contribution in [0.25, 0.3) is 0 Å². The van der Waals surface area contributed by atoms with Crippen LogP contribution in [0.5, 0.6) is 0 Å². The Bertz CT molecular complexity index is 504. The maximum absolute atomic E-state index is 8.99. The van der Waals surface area contributed by atoms with Crippen LogP contribution in [0.2, 0.25) is 0 Å². The molecule has 3 rings (SSSR count). The molecule has 1 atom stereocenters. The fourth-order valence-electron chi connectivity index (χ4n) is 2.40. The third kappa shape index (κ3) is 1.91. The Morgan fingerprint density at radius 3 is 3.18 bits per heavy atom. The lowest BCUT2D eigenvalue weighted by Crippen LogP contribution is -2.18. The highest BCUT2D eigenvalue weighted by Crippen LogP contribution is 2.35. The predicted molar refractivity (Wildman–Crippen MR) is 69.7 cm³/mol. The molecule has 4 heteroatoms. The Balaban J connectivity index is 1.88. The highest BCUT2D eigenvalue weighted by Gasteiger charge is 2.25. The number of nitrogens with zero attached hydrogens (tertiary/aromatic N) is 3. The van der Waals surface area contributed by atoms with Gasteiger partial charge in [0.05, 0.1) is 6.04 Å². The first-order valence-corrected chi connectivity index (χ1v) is 6.83. The van der Waals surface area contributed by atoms with Crippen LogP contribution in [0.1, 0.15) is 23.6 Å². The summed E-state index contributed by atoms with van der Waals surface area (Å²) in [6.07, 6.45) is 4.37. The van der Waals surface area contributed by atoms with E-state index >= 15 is 0 Å². The molecule has 1 aromatic rings. The fraction of sp³-hybridized carbons (Fsp3) is 0.385. The van der Waals surface area contributed by atoms with Crippen molar-refractivity contribution in [3.63, 3.8) is 0 Å². The lowest BCUT2D eigenvalue weighted by atomic mass is 10.1. The zero-order valence-corrected chi connectivity index (χ0v) is 10.3. The molecule has 1 fully saturated rings. The van der Waals surface area contributed by atoms with Crippen LogP contribution in [0.4, 0.5) is 0 Å². The van der Waals surface area contributed by atoms with Crippen LogP contribution >= 0.6 is 11.8 Å². The van der Waals surface area contributed by atoms with Gasteiger partial charge in [-0.05, 0) is 24.0 Å². The summed E-state index contributed by atoms with van der Waals surface area (Å²) >= 11 is 1.69. The molecule has 2 aliphatic rings. The molecule has 1 unspecified atom stereocenters. The molecule has 0 saturated carbocycles. The molecule has 0 N–H and O–H groups in total. The standard InChI is InChI=1S/C13H13N3S/c14-9-16-7-8-17-13(16)15-12-6-5-10-3-1-2-4-11(10)12/h1-4,12H,5-8H2. The molecular formula is C13H13N3S. The van der Waals surface area contributed by atoms with Crippen LogP contribution in [-0.4, -0.2) is 22.4 Å². The van der Waals surface area contributed by atoms with E-state index in [1.54, 1.807) is 16.7 Å². The van der Waals surface area contributed by atoms with E-state index in [0.29, 0.717) is 0 Å². The largest absolute Gasteiger partial charge is 0.257 e. The fourth-order valence-corrected chi connectivity index (χ4v) is 3.35. The van der Waals surface area contributed by atoms with E-state index in [1.165, 1.54) is 11.1 Å². The minimum Gasteiger partial charge on any atom is -0.257 e. The van der Waals surface area contributed by atoms with E-state index in [-0.39, 0.29) is 6.04 Å². The van der Waals surface area contributed by atoms with Crippen molar-refractivity contribution in [1.82, 2.24) is 4.90 Å². The molecule has 17 heavy (non-hydrogen) atoms. The summed E-state index contributed by atoms with van der Waals surface area (Å²) in [5.41, 5.74) is 2.75. The van der Waals surface area contributed by atoms with Crippen LogP contribution < -0.4 is 0 Å². The van der Waals surface area contributed by atoms with Crippen molar-refractivity contribution >= 4 is 16.9 Å². The second-order valence-electron chi connectivity index (χ2n) is 4.27.